The minimum atomic E-state index is -0.799. The summed E-state index contributed by atoms with van der Waals surface area (Å²) in [6.07, 6.45) is 5.53. The number of carboxylic acids is 1. The highest BCUT2D eigenvalue weighted by molar-refractivity contribution is 5.77. The molecule has 0 aromatic rings. The maximum Gasteiger partial charge on any atom is 0.315 e. The fourth-order valence-corrected chi connectivity index (χ4v) is 3.16. The highest BCUT2D eigenvalue weighted by Crippen LogP contribution is 2.26. The zero-order valence-corrected chi connectivity index (χ0v) is 10.8. The van der Waals surface area contributed by atoms with Gasteiger partial charge < -0.3 is 15.7 Å². The van der Waals surface area contributed by atoms with Crippen molar-refractivity contribution in [3.63, 3.8) is 0 Å². The SMILES string of the molecule is CC1CCC(NC(=O)NC2CCCC2C(=O)O)C1. The van der Waals surface area contributed by atoms with E-state index >= 15 is 0 Å². The second kappa shape index (κ2) is 5.59. The van der Waals surface area contributed by atoms with E-state index in [1.54, 1.807) is 0 Å². The van der Waals surface area contributed by atoms with Crippen molar-refractivity contribution in [3.05, 3.63) is 0 Å². The van der Waals surface area contributed by atoms with Gasteiger partial charge in [0.25, 0.3) is 0 Å². The summed E-state index contributed by atoms with van der Waals surface area (Å²) in [4.78, 5) is 22.8. The molecule has 0 aliphatic heterocycles. The number of carboxylic acid groups (broad SMARTS) is 1. The van der Waals surface area contributed by atoms with Crippen molar-refractivity contribution >= 4 is 12.0 Å². The van der Waals surface area contributed by atoms with E-state index in [-0.39, 0.29) is 18.1 Å². The highest BCUT2D eigenvalue weighted by Gasteiger charge is 2.34. The van der Waals surface area contributed by atoms with Crippen LogP contribution in [-0.2, 0) is 4.79 Å². The molecule has 2 amide bonds. The topological polar surface area (TPSA) is 78.4 Å². The lowest BCUT2D eigenvalue weighted by molar-refractivity contribution is -0.142. The Morgan fingerprint density at radius 2 is 1.89 bits per heavy atom. The van der Waals surface area contributed by atoms with Gasteiger partial charge in [0.15, 0.2) is 0 Å². The molecule has 0 bridgehead atoms. The number of carbonyl (C=O) groups is 2. The fourth-order valence-electron chi connectivity index (χ4n) is 3.16. The molecule has 5 nitrogen and oxygen atoms in total. The van der Waals surface area contributed by atoms with Crippen molar-refractivity contribution in [1.29, 1.82) is 0 Å². The number of hydrogen-bond acceptors (Lipinski definition) is 2. The van der Waals surface area contributed by atoms with Gasteiger partial charge in [0.1, 0.15) is 0 Å². The lowest BCUT2D eigenvalue weighted by Gasteiger charge is -2.20. The van der Waals surface area contributed by atoms with Gasteiger partial charge in [0.2, 0.25) is 0 Å². The summed E-state index contributed by atoms with van der Waals surface area (Å²) < 4.78 is 0. The van der Waals surface area contributed by atoms with E-state index in [0.29, 0.717) is 12.3 Å². The first kappa shape index (κ1) is 13.2. The lowest BCUT2D eigenvalue weighted by Crippen LogP contribution is -2.47. The molecule has 0 spiro atoms. The molecule has 0 heterocycles. The molecule has 2 rings (SSSR count). The Morgan fingerprint density at radius 1 is 1.11 bits per heavy atom. The van der Waals surface area contributed by atoms with Crippen LogP contribution in [-0.4, -0.2) is 29.2 Å². The predicted octanol–water partition coefficient (Wildman–Crippen LogP) is 1.73. The van der Waals surface area contributed by atoms with E-state index in [1.807, 2.05) is 0 Å². The zero-order valence-electron chi connectivity index (χ0n) is 10.8. The van der Waals surface area contributed by atoms with Crippen LogP contribution < -0.4 is 10.6 Å². The monoisotopic (exact) mass is 254 g/mol. The number of amides is 2. The summed E-state index contributed by atoms with van der Waals surface area (Å²) in [6, 6.07) is -0.154. The van der Waals surface area contributed by atoms with Crippen LogP contribution in [0.15, 0.2) is 0 Å². The van der Waals surface area contributed by atoms with Gasteiger partial charge in [0, 0.05) is 12.1 Å². The average molecular weight is 254 g/mol. The lowest BCUT2D eigenvalue weighted by atomic mass is 10.0. The van der Waals surface area contributed by atoms with Crippen LogP contribution in [0.5, 0.6) is 0 Å². The summed E-state index contributed by atoms with van der Waals surface area (Å²) in [7, 11) is 0. The van der Waals surface area contributed by atoms with Crippen LogP contribution in [0.25, 0.3) is 0 Å². The Hall–Kier alpha value is -1.26. The van der Waals surface area contributed by atoms with E-state index in [9.17, 15) is 9.59 Å². The van der Waals surface area contributed by atoms with Crippen LogP contribution >= 0.6 is 0 Å². The first-order valence-electron chi connectivity index (χ1n) is 6.86. The van der Waals surface area contributed by atoms with E-state index in [4.69, 9.17) is 5.11 Å². The van der Waals surface area contributed by atoms with E-state index < -0.39 is 11.9 Å². The molecule has 2 saturated carbocycles. The fraction of sp³-hybridized carbons (Fsp3) is 0.846. The van der Waals surface area contributed by atoms with Crippen molar-refractivity contribution in [3.8, 4) is 0 Å². The van der Waals surface area contributed by atoms with E-state index in [1.165, 1.54) is 0 Å². The van der Waals surface area contributed by atoms with Gasteiger partial charge in [-0.1, -0.05) is 13.3 Å². The molecule has 5 heteroatoms. The molecule has 0 aromatic carbocycles. The molecule has 3 N–H and O–H groups in total. The highest BCUT2D eigenvalue weighted by atomic mass is 16.4. The van der Waals surface area contributed by atoms with Gasteiger partial charge in [0.05, 0.1) is 5.92 Å². The number of hydrogen-bond donors (Lipinski definition) is 3. The molecule has 102 valence electrons. The smallest absolute Gasteiger partial charge is 0.315 e. The van der Waals surface area contributed by atoms with Crippen LogP contribution in [0.3, 0.4) is 0 Å². The molecule has 4 unspecified atom stereocenters. The van der Waals surface area contributed by atoms with Gasteiger partial charge in [-0.3, -0.25) is 4.79 Å². The van der Waals surface area contributed by atoms with Crippen molar-refractivity contribution in [2.45, 2.75) is 57.5 Å². The molecular formula is C13H22N2O3. The number of nitrogens with one attached hydrogen (secondary N) is 2. The summed E-state index contributed by atoms with van der Waals surface area (Å²) in [6.45, 7) is 2.19. The minimum absolute atomic E-state index is 0.202. The normalized spacial score (nSPS) is 35.4. The van der Waals surface area contributed by atoms with Crippen LogP contribution in [0.4, 0.5) is 4.79 Å². The first-order chi connectivity index (χ1) is 8.56. The largest absolute Gasteiger partial charge is 0.481 e. The molecule has 0 saturated heterocycles. The van der Waals surface area contributed by atoms with E-state index in [2.05, 4.69) is 17.6 Å². The third-order valence-corrected chi connectivity index (χ3v) is 4.18. The maximum absolute atomic E-state index is 11.8. The second-order valence-electron chi connectivity index (χ2n) is 5.72. The first-order valence-corrected chi connectivity index (χ1v) is 6.86. The Labute approximate surface area is 107 Å². The molecule has 2 aliphatic carbocycles. The Morgan fingerprint density at radius 3 is 2.50 bits per heavy atom. The minimum Gasteiger partial charge on any atom is -0.481 e. The average Bonchev–Trinajstić information content (AvgIpc) is 2.87. The molecule has 2 fully saturated rings. The third-order valence-electron chi connectivity index (χ3n) is 4.18. The molecule has 2 aliphatic rings. The summed E-state index contributed by atoms with van der Waals surface area (Å²) >= 11 is 0. The van der Waals surface area contributed by atoms with Gasteiger partial charge in [-0.05, 0) is 38.0 Å². The summed E-state index contributed by atoms with van der Waals surface area (Å²) in [5, 5.41) is 14.8. The van der Waals surface area contributed by atoms with Crippen molar-refractivity contribution in [2.75, 3.05) is 0 Å². The Balaban J connectivity index is 1.78. The van der Waals surface area contributed by atoms with Crippen LogP contribution in [0.2, 0.25) is 0 Å². The van der Waals surface area contributed by atoms with Gasteiger partial charge >= 0.3 is 12.0 Å². The molecule has 4 atom stereocenters. The van der Waals surface area contributed by atoms with E-state index in [0.717, 1.165) is 32.1 Å². The quantitative estimate of drug-likeness (QED) is 0.717. The third kappa shape index (κ3) is 3.15. The molecule has 0 aromatic heterocycles. The number of urea groups is 1. The standard InChI is InChI=1S/C13H22N2O3/c1-8-5-6-9(7-8)14-13(18)15-11-4-2-3-10(11)12(16)17/h8-11H,2-7H2,1H3,(H,16,17)(H2,14,15,18). The van der Waals surface area contributed by atoms with Crippen LogP contribution in [0, 0.1) is 11.8 Å². The zero-order chi connectivity index (χ0) is 13.1. The van der Waals surface area contributed by atoms with Crippen LogP contribution in [0.1, 0.15) is 45.4 Å². The maximum atomic E-state index is 11.8. The number of aliphatic carboxylic acids is 1. The van der Waals surface area contributed by atoms with Crippen molar-refractivity contribution in [1.82, 2.24) is 10.6 Å². The van der Waals surface area contributed by atoms with Crippen molar-refractivity contribution in [2.24, 2.45) is 11.8 Å². The second-order valence-corrected chi connectivity index (χ2v) is 5.72. The van der Waals surface area contributed by atoms with Gasteiger partial charge in [-0.25, -0.2) is 4.79 Å². The Kier molecular flexibility index (Phi) is 4.09. The molecular weight excluding hydrogens is 232 g/mol. The Bertz CT molecular complexity index is 332. The molecule has 0 radical (unpaired) electrons. The summed E-state index contributed by atoms with van der Waals surface area (Å²) in [5.41, 5.74) is 0. The summed E-state index contributed by atoms with van der Waals surface area (Å²) in [5.74, 6) is -0.543. The van der Waals surface area contributed by atoms with Gasteiger partial charge in [-0.2, -0.15) is 0 Å². The predicted molar refractivity (Wildman–Crippen MR) is 67.2 cm³/mol. The van der Waals surface area contributed by atoms with Gasteiger partial charge in [-0.15, -0.1) is 0 Å². The van der Waals surface area contributed by atoms with Crippen molar-refractivity contribution < 1.29 is 14.7 Å². The number of carbonyl (C=O) groups excluding carboxylic acids is 1. The number of rotatable bonds is 3. The molecule has 18 heavy (non-hydrogen) atoms.